The highest BCUT2D eigenvalue weighted by atomic mass is 16.5. The molecule has 3 nitrogen and oxygen atoms in total. The van der Waals surface area contributed by atoms with Gasteiger partial charge < -0.3 is 14.8 Å². The maximum absolute atomic E-state index is 5.61. The van der Waals surface area contributed by atoms with Crippen molar-refractivity contribution >= 4 is 0 Å². The molecule has 0 amide bonds. The molecule has 1 aliphatic carbocycles. The van der Waals surface area contributed by atoms with Gasteiger partial charge in [0, 0.05) is 12.1 Å². The Kier molecular flexibility index (Phi) is 4.70. The predicted molar refractivity (Wildman–Crippen MR) is 77.9 cm³/mol. The Bertz CT molecular complexity index is 411. The van der Waals surface area contributed by atoms with Crippen molar-refractivity contribution in [2.24, 2.45) is 0 Å². The fourth-order valence-corrected chi connectivity index (χ4v) is 2.75. The van der Waals surface area contributed by atoms with Crippen molar-refractivity contribution in [1.82, 2.24) is 5.32 Å². The van der Waals surface area contributed by atoms with Crippen LogP contribution in [0, 0.1) is 0 Å². The van der Waals surface area contributed by atoms with Crippen LogP contribution in [-0.2, 0) is 6.54 Å². The number of methoxy groups -OCH3 is 1. The van der Waals surface area contributed by atoms with Gasteiger partial charge in [-0.1, -0.05) is 18.9 Å². The molecular weight excluding hydrogens is 238 g/mol. The smallest absolute Gasteiger partial charge is 0.161 e. The Morgan fingerprint density at radius 2 is 1.95 bits per heavy atom. The summed E-state index contributed by atoms with van der Waals surface area (Å²) in [7, 11) is 1.68. The zero-order valence-electron chi connectivity index (χ0n) is 12.3. The molecule has 0 aliphatic heterocycles. The fourth-order valence-electron chi connectivity index (χ4n) is 2.75. The first-order valence-corrected chi connectivity index (χ1v) is 7.21. The van der Waals surface area contributed by atoms with Crippen molar-refractivity contribution in [2.75, 3.05) is 13.7 Å². The van der Waals surface area contributed by atoms with Crippen LogP contribution in [0.1, 0.15) is 45.1 Å². The molecule has 0 spiro atoms. The molecule has 106 valence electrons. The average molecular weight is 263 g/mol. The van der Waals surface area contributed by atoms with E-state index in [0.29, 0.717) is 12.1 Å². The Morgan fingerprint density at radius 1 is 1.21 bits per heavy atom. The molecule has 1 aromatic rings. The van der Waals surface area contributed by atoms with Crippen LogP contribution in [0.25, 0.3) is 0 Å². The van der Waals surface area contributed by atoms with Crippen LogP contribution in [0.3, 0.4) is 0 Å². The summed E-state index contributed by atoms with van der Waals surface area (Å²) in [6.07, 6.45) is 5.25. The van der Waals surface area contributed by atoms with Crippen molar-refractivity contribution in [3.8, 4) is 11.5 Å². The van der Waals surface area contributed by atoms with Crippen LogP contribution in [-0.4, -0.2) is 19.3 Å². The van der Waals surface area contributed by atoms with Crippen LogP contribution < -0.4 is 14.8 Å². The van der Waals surface area contributed by atoms with E-state index < -0.39 is 0 Å². The number of hydrogen-bond acceptors (Lipinski definition) is 3. The lowest BCUT2D eigenvalue weighted by Gasteiger charge is -2.25. The van der Waals surface area contributed by atoms with Gasteiger partial charge >= 0.3 is 0 Å². The second kappa shape index (κ2) is 6.29. The molecule has 1 N–H and O–H groups in total. The largest absolute Gasteiger partial charge is 0.493 e. The van der Waals surface area contributed by atoms with Gasteiger partial charge in [0.15, 0.2) is 11.5 Å². The molecule has 0 bridgehead atoms. The second-order valence-electron chi connectivity index (χ2n) is 5.54. The van der Waals surface area contributed by atoms with Gasteiger partial charge in [-0.2, -0.15) is 0 Å². The molecule has 1 fully saturated rings. The van der Waals surface area contributed by atoms with Crippen molar-refractivity contribution in [3.63, 3.8) is 0 Å². The Morgan fingerprint density at radius 3 is 2.58 bits per heavy atom. The van der Waals surface area contributed by atoms with Crippen LogP contribution in [0.2, 0.25) is 0 Å². The minimum absolute atomic E-state index is 0.311. The minimum Gasteiger partial charge on any atom is -0.493 e. The van der Waals surface area contributed by atoms with Crippen molar-refractivity contribution < 1.29 is 9.47 Å². The molecule has 0 saturated heterocycles. The maximum atomic E-state index is 5.61. The van der Waals surface area contributed by atoms with Gasteiger partial charge in [0.25, 0.3) is 0 Å². The monoisotopic (exact) mass is 263 g/mol. The molecule has 3 heteroatoms. The van der Waals surface area contributed by atoms with Gasteiger partial charge in [-0.05, 0) is 44.4 Å². The molecular formula is C16H25NO2. The Balaban J connectivity index is 2.01. The van der Waals surface area contributed by atoms with E-state index in [4.69, 9.17) is 9.47 Å². The van der Waals surface area contributed by atoms with Crippen molar-refractivity contribution in [3.05, 3.63) is 23.8 Å². The molecule has 0 heterocycles. The molecule has 1 aliphatic rings. The zero-order valence-corrected chi connectivity index (χ0v) is 12.3. The lowest BCUT2D eigenvalue weighted by atomic mass is 10.0. The summed E-state index contributed by atoms with van der Waals surface area (Å²) < 4.78 is 10.9. The standard InChI is InChI=1S/C16H25NO2/c1-4-19-15-11-13(7-8-14(15)18-3)12-17-16(2)9-5-6-10-16/h7-8,11,17H,4-6,9-10,12H2,1-3H3. The number of rotatable bonds is 6. The predicted octanol–water partition coefficient (Wildman–Crippen LogP) is 3.52. The first-order valence-electron chi connectivity index (χ1n) is 7.21. The number of benzene rings is 1. The average Bonchev–Trinajstić information content (AvgIpc) is 2.85. The van der Waals surface area contributed by atoms with Crippen LogP contribution in [0.15, 0.2) is 18.2 Å². The van der Waals surface area contributed by atoms with Gasteiger partial charge in [-0.3, -0.25) is 0 Å². The normalized spacial score (nSPS) is 17.4. The van der Waals surface area contributed by atoms with E-state index in [1.165, 1.54) is 31.2 Å². The highest BCUT2D eigenvalue weighted by Gasteiger charge is 2.27. The molecule has 19 heavy (non-hydrogen) atoms. The molecule has 1 saturated carbocycles. The SMILES string of the molecule is CCOc1cc(CNC2(C)CCCC2)ccc1OC. The first-order chi connectivity index (χ1) is 9.17. The molecule has 1 aromatic carbocycles. The van der Waals surface area contributed by atoms with E-state index in [9.17, 15) is 0 Å². The van der Waals surface area contributed by atoms with E-state index >= 15 is 0 Å². The van der Waals surface area contributed by atoms with Crippen LogP contribution in [0.5, 0.6) is 11.5 Å². The van der Waals surface area contributed by atoms with Gasteiger partial charge in [-0.15, -0.1) is 0 Å². The number of ether oxygens (including phenoxy) is 2. The third kappa shape index (κ3) is 3.63. The van der Waals surface area contributed by atoms with E-state index in [1.54, 1.807) is 7.11 Å². The van der Waals surface area contributed by atoms with E-state index in [0.717, 1.165) is 18.0 Å². The summed E-state index contributed by atoms with van der Waals surface area (Å²) in [4.78, 5) is 0. The van der Waals surface area contributed by atoms with Crippen LogP contribution in [0.4, 0.5) is 0 Å². The number of hydrogen-bond donors (Lipinski definition) is 1. The lowest BCUT2D eigenvalue weighted by Crippen LogP contribution is -2.38. The summed E-state index contributed by atoms with van der Waals surface area (Å²) in [6.45, 7) is 5.86. The zero-order chi connectivity index (χ0) is 13.7. The molecule has 0 unspecified atom stereocenters. The minimum atomic E-state index is 0.311. The van der Waals surface area contributed by atoms with Crippen molar-refractivity contribution in [2.45, 2.75) is 51.6 Å². The van der Waals surface area contributed by atoms with Gasteiger partial charge in [0.2, 0.25) is 0 Å². The summed E-state index contributed by atoms with van der Waals surface area (Å²) in [6, 6.07) is 6.17. The highest BCUT2D eigenvalue weighted by Crippen LogP contribution is 2.31. The first kappa shape index (κ1) is 14.2. The summed E-state index contributed by atoms with van der Waals surface area (Å²) in [5, 5.41) is 3.68. The topological polar surface area (TPSA) is 30.5 Å². The Labute approximate surface area is 116 Å². The van der Waals surface area contributed by atoms with E-state index in [-0.39, 0.29) is 0 Å². The van der Waals surface area contributed by atoms with Gasteiger partial charge in [-0.25, -0.2) is 0 Å². The fraction of sp³-hybridized carbons (Fsp3) is 0.625. The molecule has 2 rings (SSSR count). The third-order valence-corrected chi connectivity index (χ3v) is 3.95. The van der Waals surface area contributed by atoms with Crippen LogP contribution >= 0.6 is 0 Å². The quantitative estimate of drug-likeness (QED) is 0.852. The maximum Gasteiger partial charge on any atom is 0.161 e. The number of nitrogens with one attached hydrogen (secondary N) is 1. The van der Waals surface area contributed by atoms with Gasteiger partial charge in [0.05, 0.1) is 13.7 Å². The summed E-state index contributed by atoms with van der Waals surface area (Å²) in [5.41, 5.74) is 1.56. The van der Waals surface area contributed by atoms with Gasteiger partial charge in [0.1, 0.15) is 0 Å². The van der Waals surface area contributed by atoms with E-state index in [2.05, 4.69) is 24.4 Å². The lowest BCUT2D eigenvalue weighted by molar-refractivity contribution is 0.309. The summed E-state index contributed by atoms with van der Waals surface area (Å²) >= 11 is 0. The Hall–Kier alpha value is -1.22. The highest BCUT2D eigenvalue weighted by molar-refractivity contribution is 5.43. The second-order valence-corrected chi connectivity index (χ2v) is 5.54. The third-order valence-electron chi connectivity index (χ3n) is 3.95. The summed E-state index contributed by atoms with van der Waals surface area (Å²) in [5.74, 6) is 1.64. The molecule has 0 atom stereocenters. The molecule has 0 radical (unpaired) electrons. The van der Waals surface area contributed by atoms with Crippen molar-refractivity contribution in [1.29, 1.82) is 0 Å². The van der Waals surface area contributed by atoms with E-state index in [1.807, 2.05) is 13.0 Å². The molecule has 0 aromatic heterocycles.